The fraction of sp³-hybridized carbons (Fsp3) is 0.891. The molecule has 10 nitrogen and oxygen atoms in total. The molecule has 14 heteroatoms. The zero-order valence-electron chi connectivity index (χ0n) is 40.5. The van der Waals surface area contributed by atoms with Crippen molar-refractivity contribution in [3.8, 4) is 0 Å². The first-order valence-corrected chi connectivity index (χ1v) is 33.2. The normalized spacial score (nSPS) is 33.2. The molecule has 60 heavy (non-hydrogen) atoms. The van der Waals surface area contributed by atoms with E-state index in [-0.39, 0.29) is 69.0 Å². The highest BCUT2D eigenvalue weighted by Crippen LogP contribution is 2.48. The molecule has 0 aromatic carbocycles. The summed E-state index contributed by atoms with van der Waals surface area (Å²) in [5.41, 5.74) is -0.295. The molecule has 0 aromatic rings. The molecule has 0 bridgehead atoms. The molecule has 0 amide bonds. The summed E-state index contributed by atoms with van der Waals surface area (Å²) in [5.74, 6) is 0.239. The predicted molar refractivity (Wildman–Crippen MR) is 260 cm³/mol. The second kappa shape index (κ2) is 20.2. The summed E-state index contributed by atoms with van der Waals surface area (Å²) in [6, 6.07) is 0. The lowest BCUT2D eigenvalue weighted by Gasteiger charge is -2.56. The number of aldehydes is 1. The van der Waals surface area contributed by atoms with Crippen molar-refractivity contribution in [2.24, 2.45) is 5.92 Å². The molecular weight excluding hydrogens is 922 g/mol. The maximum atomic E-state index is 11.8. The Bertz CT molecular complexity index is 1460. The molecule has 0 aliphatic carbocycles. The fourth-order valence-corrected chi connectivity index (χ4v) is 13.0. The Morgan fingerprint density at radius 3 is 1.98 bits per heavy atom. The Morgan fingerprint density at radius 1 is 0.850 bits per heavy atom. The number of ether oxygens (including phenoxy) is 4. The van der Waals surface area contributed by atoms with Gasteiger partial charge in [-0.15, -0.1) is 0 Å². The van der Waals surface area contributed by atoms with Crippen LogP contribution in [0.1, 0.15) is 121 Å². The molecule has 4 saturated heterocycles. The lowest BCUT2D eigenvalue weighted by molar-refractivity contribution is -0.266. The molecule has 4 heterocycles. The molecule has 0 radical (unpaired) electrons. The van der Waals surface area contributed by atoms with E-state index in [2.05, 4.69) is 148 Å². The second-order valence-electron chi connectivity index (χ2n) is 23.1. The van der Waals surface area contributed by atoms with Crippen LogP contribution in [-0.4, -0.2) is 114 Å². The minimum absolute atomic E-state index is 0.0121. The van der Waals surface area contributed by atoms with Crippen LogP contribution in [0.5, 0.6) is 0 Å². The largest absolute Gasteiger partial charge is 0.513 e. The predicted octanol–water partition coefficient (Wildman–Crippen LogP) is 11.2. The first kappa shape index (κ1) is 52.5. The van der Waals surface area contributed by atoms with Crippen LogP contribution in [0.3, 0.4) is 0 Å². The zero-order valence-corrected chi connectivity index (χ0v) is 45.6. The number of fused-ring (bicyclic) bond motifs is 2. The lowest BCUT2D eigenvalue weighted by Crippen LogP contribution is -2.69. The van der Waals surface area contributed by atoms with Crippen LogP contribution in [0.25, 0.3) is 0 Å². The van der Waals surface area contributed by atoms with E-state index in [0.717, 1.165) is 62.2 Å². The molecule has 2 N–H and O–H groups in total. The quantitative estimate of drug-likeness (QED) is 0.0344. The maximum absolute atomic E-state index is 11.8. The summed E-state index contributed by atoms with van der Waals surface area (Å²) >= 11 is 2.46. The molecule has 12 atom stereocenters. The highest BCUT2D eigenvalue weighted by Gasteiger charge is 2.58. The van der Waals surface area contributed by atoms with Crippen molar-refractivity contribution in [1.82, 2.24) is 5.32 Å². The molecule has 4 rings (SSSR count). The minimum atomic E-state index is -2.41. The number of rotatable bonds is 18. The van der Waals surface area contributed by atoms with E-state index >= 15 is 0 Å². The van der Waals surface area contributed by atoms with Crippen molar-refractivity contribution in [1.29, 1.82) is 0 Å². The first-order valence-electron chi connectivity index (χ1n) is 22.9. The van der Waals surface area contributed by atoms with Gasteiger partial charge < -0.3 is 47.4 Å². The number of carbonyl (C=O) groups is 1. The molecule has 348 valence electrons. The van der Waals surface area contributed by atoms with Crippen molar-refractivity contribution < 1.29 is 42.1 Å². The minimum Gasteiger partial charge on any atom is -0.513 e. The van der Waals surface area contributed by atoms with Gasteiger partial charge in [0.2, 0.25) is 0 Å². The summed E-state index contributed by atoms with van der Waals surface area (Å²) in [6.07, 6.45) is 9.30. The van der Waals surface area contributed by atoms with Gasteiger partial charge in [0.05, 0.1) is 42.4 Å². The summed E-state index contributed by atoms with van der Waals surface area (Å²) in [6.45, 7) is 40.8. The summed E-state index contributed by atoms with van der Waals surface area (Å²) in [4.78, 5) is 11.8. The van der Waals surface area contributed by atoms with Gasteiger partial charge in [0, 0.05) is 29.7 Å². The summed E-state index contributed by atoms with van der Waals surface area (Å²) in [5, 5.41) is 13.4. The number of allylic oxidation sites excluding steroid dienone is 1. The highest BCUT2D eigenvalue weighted by molar-refractivity contribution is 14.1. The number of hydrogen-bond donors (Lipinski definition) is 2. The van der Waals surface area contributed by atoms with Crippen LogP contribution >= 0.6 is 22.6 Å². The van der Waals surface area contributed by atoms with E-state index < -0.39 is 49.4 Å². The number of aliphatic hydroxyl groups is 1. The van der Waals surface area contributed by atoms with Crippen molar-refractivity contribution in [2.45, 2.75) is 242 Å². The molecular formula is C46H86INO9Si3. The van der Waals surface area contributed by atoms with Gasteiger partial charge in [0.1, 0.15) is 36.3 Å². The number of hydrogen-bond acceptors (Lipinski definition) is 10. The van der Waals surface area contributed by atoms with Gasteiger partial charge in [0.25, 0.3) is 0 Å². The van der Waals surface area contributed by atoms with Crippen LogP contribution in [0.2, 0.25) is 54.4 Å². The average molecular weight is 1010 g/mol. The monoisotopic (exact) mass is 1010 g/mol. The van der Waals surface area contributed by atoms with Crippen LogP contribution < -0.4 is 5.32 Å². The van der Waals surface area contributed by atoms with Crippen LogP contribution in [-0.2, 0) is 37.0 Å². The van der Waals surface area contributed by atoms with Gasteiger partial charge in [0.15, 0.2) is 25.0 Å². The summed E-state index contributed by atoms with van der Waals surface area (Å²) in [7, 11) is -7.11. The Hall–Kier alpha value is -0.149. The number of halogens is 1. The van der Waals surface area contributed by atoms with Crippen molar-refractivity contribution >= 4 is 53.8 Å². The fourth-order valence-electron chi connectivity index (χ4n) is 8.19. The van der Waals surface area contributed by atoms with Gasteiger partial charge in [-0.1, -0.05) is 98.4 Å². The smallest absolute Gasteiger partial charge is 0.193 e. The van der Waals surface area contributed by atoms with E-state index in [0.29, 0.717) is 6.42 Å². The van der Waals surface area contributed by atoms with E-state index in [1.807, 2.05) is 6.92 Å². The standard InChI is InChI=1S/C46H86INO9Si3/c1-31(32(2)50)28-34-19-21-38-46(30-47,54-34)29-35(51-38)22-25-48-26-23-37(55-58(12,13)43(3,4)5)40-42(57-60(16,17)45(9,10)11)41(56-59(14,15)44(6,7)8)39-36(53-40)20-18-33(52-39)24-27-49/h23,26-27,31,33-42,48,50H,2,18-22,24-25,28-30H2,1,3-17H3/b26-23+/t31-,33?,34?,35+,36+,37?,38+,39+,40+,41?,42?,46?/m1/s1. The van der Waals surface area contributed by atoms with Crippen molar-refractivity contribution in [3.05, 3.63) is 24.6 Å². The van der Waals surface area contributed by atoms with Gasteiger partial charge in [-0.25, -0.2) is 0 Å². The Labute approximate surface area is 382 Å². The Morgan fingerprint density at radius 2 is 1.43 bits per heavy atom. The van der Waals surface area contributed by atoms with Gasteiger partial charge in [-0.3, -0.25) is 0 Å². The number of alkyl halides is 1. The summed E-state index contributed by atoms with van der Waals surface area (Å²) < 4.78 is 50.9. The number of carbonyl (C=O) groups excluding carboxylic acids is 1. The molecule has 4 aliphatic rings. The molecule has 0 aromatic heterocycles. The lowest BCUT2D eigenvalue weighted by atomic mass is 9.86. The molecule has 0 spiro atoms. The topological polar surface area (TPSA) is 114 Å². The van der Waals surface area contributed by atoms with Gasteiger partial charge in [-0.2, -0.15) is 0 Å². The third-order valence-electron chi connectivity index (χ3n) is 15.3. The Balaban J connectivity index is 1.64. The van der Waals surface area contributed by atoms with Crippen LogP contribution in [0, 0.1) is 5.92 Å². The molecule has 4 aliphatic heterocycles. The van der Waals surface area contributed by atoms with E-state index in [1.54, 1.807) is 0 Å². The number of nitrogens with one attached hydrogen (secondary N) is 1. The SMILES string of the molecule is C=C(O)[C@H](C)CC1CC[C@@H]2O[C@@H](CCN/C=C/C(O[Si](C)(C)C(C)(C)C)[C@@H]3O[C@H]4CCC(CC=O)O[C@@H]4C(O[Si](C)(C)C(C)(C)C)C3O[Si](C)(C)C(C)(C)C)CC2(CI)O1. The Kier molecular flexibility index (Phi) is 17.6. The maximum Gasteiger partial charge on any atom is 0.193 e. The van der Waals surface area contributed by atoms with Crippen LogP contribution in [0.15, 0.2) is 24.6 Å². The highest BCUT2D eigenvalue weighted by atomic mass is 127. The van der Waals surface area contributed by atoms with Gasteiger partial charge in [-0.05, 0) is 105 Å². The van der Waals surface area contributed by atoms with E-state index in [1.165, 1.54) is 0 Å². The second-order valence-corrected chi connectivity index (χ2v) is 38.1. The zero-order chi connectivity index (χ0) is 45.3. The average Bonchev–Trinajstić information content (AvgIpc) is 3.48. The molecule has 6 unspecified atom stereocenters. The molecule has 4 fully saturated rings. The van der Waals surface area contributed by atoms with Gasteiger partial charge >= 0.3 is 0 Å². The third-order valence-corrected chi connectivity index (χ3v) is 30.0. The molecule has 0 saturated carbocycles. The van der Waals surface area contributed by atoms with Crippen LogP contribution in [0.4, 0.5) is 0 Å². The number of aliphatic hydroxyl groups excluding tert-OH is 1. The van der Waals surface area contributed by atoms with Crippen molar-refractivity contribution in [2.75, 3.05) is 11.0 Å². The first-order chi connectivity index (χ1) is 27.5. The van der Waals surface area contributed by atoms with E-state index in [9.17, 15) is 9.90 Å². The van der Waals surface area contributed by atoms with E-state index in [4.69, 9.17) is 32.2 Å². The van der Waals surface area contributed by atoms with Crippen molar-refractivity contribution in [3.63, 3.8) is 0 Å². The third kappa shape index (κ3) is 12.6.